The van der Waals surface area contributed by atoms with Crippen LogP contribution in [-0.4, -0.2) is 36.3 Å². The molecule has 1 aliphatic rings. The number of hydrogen-bond acceptors (Lipinski definition) is 2. The minimum atomic E-state index is -2.47. The lowest BCUT2D eigenvalue weighted by molar-refractivity contribution is 1.13. The van der Waals surface area contributed by atoms with Crippen LogP contribution in [0.15, 0.2) is 93.9 Å². The van der Waals surface area contributed by atoms with Crippen molar-refractivity contribution < 1.29 is 0 Å². The summed E-state index contributed by atoms with van der Waals surface area (Å²) in [5.74, 6) is 0. The first-order chi connectivity index (χ1) is 15.8. The van der Waals surface area contributed by atoms with E-state index in [4.69, 9.17) is 0 Å². The van der Waals surface area contributed by atoms with Gasteiger partial charge in [-0.15, -0.1) is 0 Å². The van der Waals surface area contributed by atoms with Gasteiger partial charge in [0, 0.05) is 48.5 Å². The fourth-order valence-corrected chi connectivity index (χ4v) is 10.7. The molecule has 4 aromatic rings. The van der Waals surface area contributed by atoms with E-state index in [0.717, 1.165) is 8.95 Å². The largest absolute Gasteiger partial charge is 0.378 e. The van der Waals surface area contributed by atoms with Gasteiger partial charge < -0.3 is 9.80 Å². The van der Waals surface area contributed by atoms with E-state index in [1.54, 1.807) is 0 Å². The van der Waals surface area contributed by atoms with Gasteiger partial charge in [-0.25, -0.2) is 0 Å². The van der Waals surface area contributed by atoms with Gasteiger partial charge in [-0.1, -0.05) is 68.3 Å². The van der Waals surface area contributed by atoms with Crippen molar-refractivity contribution in [3.63, 3.8) is 0 Å². The maximum atomic E-state index is 3.65. The van der Waals surface area contributed by atoms with Crippen molar-refractivity contribution in [1.29, 1.82) is 0 Å². The Bertz CT molecular complexity index is 1220. The van der Waals surface area contributed by atoms with Crippen molar-refractivity contribution in [3.05, 3.63) is 93.9 Å². The van der Waals surface area contributed by atoms with E-state index in [9.17, 15) is 0 Å². The van der Waals surface area contributed by atoms with Gasteiger partial charge in [-0.2, -0.15) is 0 Å². The molecule has 0 radical (unpaired) electrons. The Balaban J connectivity index is 1.92. The van der Waals surface area contributed by atoms with Crippen molar-refractivity contribution in [1.82, 2.24) is 0 Å². The standard InChI is InChI=1S/C28H26Br2N2Si/c1-31(2)21-9-15-27-25(17-21)26-18-22(32(3)4)10-16-28(26)33(27,23-11-5-19(29)6-12-23)24-13-7-20(30)8-14-24/h5-18H,1-4H3. The number of anilines is 2. The van der Waals surface area contributed by atoms with Gasteiger partial charge >= 0.3 is 0 Å². The van der Waals surface area contributed by atoms with Crippen LogP contribution in [0.4, 0.5) is 11.4 Å². The molecule has 0 aliphatic carbocycles. The van der Waals surface area contributed by atoms with Crippen LogP contribution in [0.1, 0.15) is 0 Å². The second kappa shape index (κ2) is 8.46. The fraction of sp³-hybridized carbons (Fsp3) is 0.143. The average Bonchev–Trinajstić information content (AvgIpc) is 3.10. The summed E-state index contributed by atoms with van der Waals surface area (Å²) in [7, 11) is 5.99. The molecule has 0 aromatic heterocycles. The third-order valence-corrected chi connectivity index (χ3v) is 12.6. The third kappa shape index (κ3) is 3.58. The summed E-state index contributed by atoms with van der Waals surface area (Å²) in [5.41, 5.74) is 5.17. The molecule has 2 nitrogen and oxygen atoms in total. The summed E-state index contributed by atoms with van der Waals surface area (Å²) in [6.07, 6.45) is 0. The Morgan fingerprint density at radius 3 is 1.21 bits per heavy atom. The van der Waals surface area contributed by atoms with Crippen LogP contribution >= 0.6 is 31.9 Å². The van der Waals surface area contributed by atoms with Crippen molar-refractivity contribution in [2.24, 2.45) is 0 Å². The zero-order chi connectivity index (χ0) is 23.3. The summed E-state index contributed by atoms with van der Waals surface area (Å²) >= 11 is 7.30. The molecule has 1 heterocycles. The highest BCUT2D eigenvalue weighted by Crippen LogP contribution is 2.33. The number of fused-ring (bicyclic) bond motifs is 3. The topological polar surface area (TPSA) is 6.48 Å². The van der Waals surface area contributed by atoms with Crippen molar-refractivity contribution in [2.45, 2.75) is 0 Å². The number of nitrogens with zero attached hydrogens (tertiary/aromatic N) is 2. The van der Waals surface area contributed by atoms with E-state index in [0.29, 0.717) is 0 Å². The molecule has 4 aromatic carbocycles. The van der Waals surface area contributed by atoms with Crippen LogP contribution in [0.25, 0.3) is 11.1 Å². The monoisotopic (exact) mass is 576 g/mol. The summed E-state index contributed by atoms with van der Waals surface area (Å²) in [6, 6.07) is 32.1. The smallest absolute Gasteiger partial charge is 0.180 e. The van der Waals surface area contributed by atoms with E-state index in [1.165, 1.54) is 43.2 Å². The van der Waals surface area contributed by atoms with Crippen LogP contribution in [0, 0.1) is 0 Å². The molecule has 166 valence electrons. The molecule has 5 heteroatoms. The molecule has 0 saturated heterocycles. The van der Waals surface area contributed by atoms with Crippen LogP contribution < -0.4 is 30.5 Å². The molecule has 0 atom stereocenters. The highest BCUT2D eigenvalue weighted by Gasteiger charge is 2.48. The molecule has 0 spiro atoms. The maximum absolute atomic E-state index is 3.65. The van der Waals surface area contributed by atoms with Gasteiger partial charge in [-0.3, -0.25) is 0 Å². The molecule has 0 fully saturated rings. The first kappa shape index (κ1) is 22.4. The van der Waals surface area contributed by atoms with Gasteiger partial charge in [-0.05, 0) is 80.4 Å². The van der Waals surface area contributed by atoms with Gasteiger partial charge in [0.05, 0.1) is 0 Å². The summed E-state index contributed by atoms with van der Waals surface area (Å²) < 4.78 is 2.21. The van der Waals surface area contributed by atoms with Gasteiger partial charge in [0.25, 0.3) is 0 Å². The van der Waals surface area contributed by atoms with Gasteiger partial charge in [0.15, 0.2) is 8.07 Å². The highest BCUT2D eigenvalue weighted by molar-refractivity contribution is 9.10. The molecule has 0 amide bonds. The normalized spacial score (nSPS) is 13.4. The van der Waals surface area contributed by atoms with Crippen LogP contribution in [0.5, 0.6) is 0 Å². The molecule has 0 bridgehead atoms. The van der Waals surface area contributed by atoms with Gasteiger partial charge in [0.1, 0.15) is 0 Å². The minimum absolute atomic E-state index is 1.11. The Kier molecular flexibility index (Phi) is 5.75. The Hall–Kier alpha value is -2.34. The van der Waals surface area contributed by atoms with E-state index in [-0.39, 0.29) is 0 Å². The third-order valence-electron chi connectivity index (χ3n) is 6.69. The van der Waals surface area contributed by atoms with Crippen LogP contribution in [-0.2, 0) is 0 Å². The minimum Gasteiger partial charge on any atom is -0.378 e. The second-order valence-corrected chi connectivity index (χ2v) is 14.6. The lowest BCUT2D eigenvalue weighted by Crippen LogP contribution is -2.72. The zero-order valence-corrected chi connectivity index (χ0v) is 23.4. The quantitative estimate of drug-likeness (QED) is 0.286. The SMILES string of the molecule is CN(C)c1ccc2c(c1)-c1cc(N(C)C)ccc1[Si]2(c1ccc(Br)cc1)c1ccc(Br)cc1. The van der Waals surface area contributed by atoms with Crippen LogP contribution in [0.3, 0.4) is 0 Å². The van der Waals surface area contributed by atoms with Crippen molar-refractivity contribution in [2.75, 3.05) is 38.0 Å². The van der Waals surface area contributed by atoms with E-state index in [1.807, 2.05) is 0 Å². The molecule has 5 rings (SSSR count). The lowest BCUT2D eigenvalue weighted by Gasteiger charge is -2.31. The van der Waals surface area contributed by atoms with E-state index in [2.05, 4.69) is 155 Å². The molecular weight excluding hydrogens is 552 g/mol. The number of rotatable bonds is 4. The molecule has 0 saturated carbocycles. The number of hydrogen-bond donors (Lipinski definition) is 0. The van der Waals surface area contributed by atoms with Gasteiger partial charge in [0.2, 0.25) is 0 Å². The second-order valence-electron chi connectivity index (χ2n) is 9.01. The van der Waals surface area contributed by atoms with Crippen LogP contribution in [0.2, 0.25) is 0 Å². The fourth-order valence-electron chi connectivity index (χ4n) is 5.05. The summed E-state index contributed by atoms with van der Waals surface area (Å²) in [6.45, 7) is 0. The van der Waals surface area contributed by atoms with Crippen molar-refractivity contribution >= 4 is 72.1 Å². The van der Waals surface area contributed by atoms with E-state index >= 15 is 0 Å². The first-order valence-electron chi connectivity index (χ1n) is 11.0. The molecule has 1 aliphatic heterocycles. The average molecular weight is 578 g/mol. The van der Waals surface area contributed by atoms with E-state index < -0.39 is 8.07 Å². The predicted molar refractivity (Wildman–Crippen MR) is 153 cm³/mol. The lowest BCUT2D eigenvalue weighted by atomic mass is 10.0. The number of halogens is 2. The Morgan fingerprint density at radius 2 is 0.879 bits per heavy atom. The van der Waals surface area contributed by atoms with Crippen molar-refractivity contribution in [3.8, 4) is 11.1 Å². The predicted octanol–water partition coefficient (Wildman–Crippen LogP) is 4.70. The summed E-state index contributed by atoms with van der Waals surface area (Å²) in [4.78, 5) is 4.38. The molecule has 0 unspecified atom stereocenters. The highest BCUT2D eigenvalue weighted by atomic mass is 79.9. The Morgan fingerprint density at radius 1 is 0.515 bits per heavy atom. The zero-order valence-electron chi connectivity index (χ0n) is 19.2. The molecule has 33 heavy (non-hydrogen) atoms. The molecular formula is C28H26Br2N2Si. The Labute approximate surface area is 214 Å². The summed E-state index contributed by atoms with van der Waals surface area (Å²) in [5, 5.41) is 5.73. The first-order valence-corrected chi connectivity index (χ1v) is 14.6. The molecule has 0 N–H and O–H groups in total. The number of benzene rings is 4. The maximum Gasteiger partial charge on any atom is 0.180 e.